The molecule has 96 valence electrons. The molecule has 0 saturated heterocycles. The molecule has 16 heavy (non-hydrogen) atoms. The number of hydroxylamine groups is 1. The van der Waals surface area contributed by atoms with Crippen LogP contribution in [0.15, 0.2) is 0 Å². The molecule has 7 heteroatoms. The van der Waals surface area contributed by atoms with E-state index in [1.54, 1.807) is 0 Å². The van der Waals surface area contributed by atoms with E-state index < -0.39 is 11.9 Å². The van der Waals surface area contributed by atoms with Crippen LogP contribution in [0.3, 0.4) is 0 Å². The van der Waals surface area contributed by atoms with Crippen molar-refractivity contribution in [1.29, 1.82) is 0 Å². The number of carboxylic acids is 2. The van der Waals surface area contributed by atoms with Crippen molar-refractivity contribution in [2.75, 3.05) is 7.11 Å². The molecule has 0 aromatic rings. The van der Waals surface area contributed by atoms with Gasteiger partial charge in [0, 0.05) is 13.2 Å². The Kier molecular flexibility index (Phi) is 12.8. The summed E-state index contributed by atoms with van der Waals surface area (Å²) in [7, 11) is 1.00. The Morgan fingerprint density at radius 3 is 1.56 bits per heavy atom. The third-order valence-electron chi connectivity index (χ3n) is 1.97. The van der Waals surface area contributed by atoms with E-state index in [9.17, 15) is 0 Å². The van der Waals surface area contributed by atoms with Gasteiger partial charge in [0.15, 0.2) is 0 Å². The molecule has 0 aromatic heterocycles. The zero-order chi connectivity index (χ0) is 13.0. The Balaban J connectivity index is 0. The number of carboxylic acid groups (broad SMARTS) is 2. The van der Waals surface area contributed by atoms with Crippen LogP contribution in [0.4, 0.5) is 0 Å². The standard InChI is InChI=1S/C6H13NO.C2H2O4.CH4O/c8-7-6-4-2-1-3-5-6;3-1(4)2(5)6;1-2/h6-8H,1-5H2;(H,3,4)(H,5,6);2H,1H3. The zero-order valence-electron chi connectivity index (χ0n) is 9.22. The number of aliphatic hydroxyl groups excluding tert-OH is 1. The van der Waals surface area contributed by atoms with Gasteiger partial charge in [-0.05, 0) is 12.8 Å². The van der Waals surface area contributed by atoms with Crippen molar-refractivity contribution in [2.24, 2.45) is 0 Å². The summed E-state index contributed by atoms with van der Waals surface area (Å²) < 4.78 is 0. The highest BCUT2D eigenvalue weighted by molar-refractivity contribution is 6.27. The van der Waals surface area contributed by atoms with E-state index >= 15 is 0 Å². The van der Waals surface area contributed by atoms with Crippen molar-refractivity contribution < 1.29 is 30.1 Å². The molecule has 0 atom stereocenters. The van der Waals surface area contributed by atoms with E-state index in [4.69, 9.17) is 30.1 Å². The van der Waals surface area contributed by atoms with Crippen molar-refractivity contribution in [3.8, 4) is 0 Å². The molecule has 5 N–H and O–H groups in total. The van der Waals surface area contributed by atoms with Gasteiger partial charge in [0.05, 0.1) is 0 Å². The fraction of sp³-hybridized carbons (Fsp3) is 0.778. The monoisotopic (exact) mass is 237 g/mol. The van der Waals surface area contributed by atoms with Crippen molar-refractivity contribution in [3.63, 3.8) is 0 Å². The zero-order valence-corrected chi connectivity index (χ0v) is 9.22. The first-order valence-corrected chi connectivity index (χ1v) is 4.88. The first-order valence-electron chi connectivity index (χ1n) is 4.88. The number of rotatable bonds is 1. The Hall–Kier alpha value is -1.18. The number of carbonyl (C=O) groups is 2. The average molecular weight is 237 g/mol. The SMILES string of the molecule is CO.O=C(O)C(=O)O.ONC1CCCCC1. The highest BCUT2D eigenvalue weighted by atomic mass is 16.5. The van der Waals surface area contributed by atoms with Crippen LogP contribution >= 0.6 is 0 Å². The molecule has 1 rings (SSSR count). The molecular formula is C9H19NO6. The largest absolute Gasteiger partial charge is 0.473 e. The van der Waals surface area contributed by atoms with Crippen LogP contribution < -0.4 is 5.48 Å². The van der Waals surface area contributed by atoms with Gasteiger partial charge >= 0.3 is 11.9 Å². The van der Waals surface area contributed by atoms with Crippen LogP contribution in [0.2, 0.25) is 0 Å². The van der Waals surface area contributed by atoms with E-state index in [2.05, 4.69) is 5.48 Å². The van der Waals surface area contributed by atoms with Gasteiger partial charge in [-0.25, -0.2) is 15.1 Å². The second-order valence-corrected chi connectivity index (χ2v) is 3.07. The van der Waals surface area contributed by atoms with Crippen LogP contribution in [0.25, 0.3) is 0 Å². The van der Waals surface area contributed by atoms with Gasteiger partial charge in [0.2, 0.25) is 0 Å². The van der Waals surface area contributed by atoms with Gasteiger partial charge in [-0.2, -0.15) is 0 Å². The lowest BCUT2D eigenvalue weighted by Gasteiger charge is -2.18. The van der Waals surface area contributed by atoms with Crippen molar-refractivity contribution >= 4 is 11.9 Å². The van der Waals surface area contributed by atoms with Gasteiger partial charge in [-0.15, -0.1) is 0 Å². The molecule has 0 aliphatic heterocycles. The lowest BCUT2D eigenvalue weighted by atomic mass is 9.96. The maximum atomic E-state index is 9.10. The van der Waals surface area contributed by atoms with Crippen LogP contribution in [-0.4, -0.2) is 45.6 Å². The fourth-order valence-corrected chi connectivity index (χ4v) is 1.23. The second-order valence-electron chi connectivity index (χ2n) is 3.07. The Bertz CT molecular complexity index is 178. The van der Waals surface area contributed by atoms with E-state index in [-0.39, 0.29) is 0 Å². The minimum atomic E-state index is -1.82. The molecule has 7 nitrogen and oxygen atoms in total. The third-order valence-corrected chi connectivity index (χ3v) is 1.97. The molecule has 0 aromatic carbocycles. The van der Waals surface area contributed by atoms with Crippen molar-refractivity contribution in [2.45, 2.75) is 38.1 Å². The number of aliphatic carboxylic acids is 2. The summed E-state index contributed by atoms with van der Waals surface area (Å²) in [5.74, 6) is -3.65. The first-order chi connectivity index (χ1) is 7.57. The lowest BCUT2D eigenvalue weighted by Crippen LogP contribution is -2.27. The van der Waals surface area contributed by atoms with Crippen molar-refractivity contribution in [1.82, 2.24) is 5.48 Å². The summed E-state index contributed by atoms with van der Waals surface area (Å²) in [4.78, 5) is 18.2. The molecule has 0 spiro atoms. The van der Waals surface area contributed by atoms with E-state index in [1.165, 1.54) is 19.3 Å². The maximum Gasteiger partial charge on any atom is 0.414 e. The second kappa shape index (κ2) is 11.9. The van der Waals surface area contributed by atoms with E-state index in [1.807, 2.05) is 0 Å². The van der Waals surface area contributed by atoms with Gasteiger partial charge in [-0.1, -0.05) is 19.3 Å². The summed E-state index contributed by atoms with van der Waals surface area (Å²) in [6.45, 7) is 0. The molecule has 0 heterocycles. The Labute approximate surface area is 93.7 Å². The molecule has 1 saturated carbocycles. The molecule has 0 bridgehead atoms. The predicted octanol–water partition coefficient (Wildman–Crippen LogP) is 0.0620. The van der Waals surface area contributed by atoms with Gasteiger partial charge in [-0.3, -0.25) is 0 Å². The molecule has 1 aliphatic carbocycles. The fourth-order valence-electron chi connectivity index (χ4n) is 1.23. The third kappa shape index (κ3) is 10.9. The molecule has 0 amide bonds. The van der Waals surface area contributed by atoms with Crippen LogP contribution in [0.1, 0.15) is 32.1 Å². The molecule has 0 radical (unpaired) electrons. The quantitative estimate of drug-likeness (QED) is 0.322. The topological polar surface area (TPSA) is 127 Å². The number of hydrogen-bond donors (Lipinski definition) is 5. The number of nitrogens with one attached hydrogen (secondary N) is 1. The summed E-state index contributed by atoms with van der Waals surface area (Å²) in [5.41, 5.74) is 2.30. The molecule has 1 fully saturated rings. The first kappa shape index (κ1) is 17.2. The molecular weight excluding hydrogens is 218 g/mol. The highest BCUT2D eigenvalue weighted by Gasteiger charge is 2.10. The number of hydrogen-bond acceptors (Lipinski definition) is 5. The summed E-state index contributed by atoms with van der Waals surface area (Å²) in [6, 6.07) is 0.392. The van der Waals surface area contributed by atoms with Gasteiger partial charge < -0.3 is 20.5 Å². The lowest BCUT2D eigenvalue weighted by molar-refractivity contribution is -0.159. The van der Waals surface area contributed by atoms with Gasteiger partial charge in [0.25, 0.3) is 0 Å². The highest BCUT2D eigenvalue weighted by Crippen LogP contribution is 2.16. The minimum absolute atomic E-state index is 0.392. The summed E-state index contributed by atoms with van der Waals surface area (Å²) >= 11 is 0. The summed E-state index contributed by atoms with van der Waals surface area (Å²) in [6.07, 6.45) is 6.20. The van der Waals surface area contributed by atoms with Crippen LogP contribution in [-0.2, 0) is 9.59 Å². The van der Waals surface area contributed by atoms with E-state index in [0.717, 1.165) is 20.0 Å². The Morgan fingerprint density at radius 2 is 1.38 bits per heavy atom. The summed E-state index contributed by atoms with van der Waals surface area (Å²) in [5, 5.41) is 30.2. The minimum Gasteiger partial charge on any atom is -0.473 e. The predicted molar refractivity (Wildman–Crippen MR) is 55.2 cm³/mol. The number of aliphatic hydroxyl groups is 1. The van der Waals surface area contributed by atoms with E-state index in [0.29, 0.717) is 6.04 Å². The molecule has 1 aliphatic rings. The average Bonchev–Trinajstić information content (AvgIpc) is 2.33. The van der Waals surface area contributed by atoms with Crippen LogP contribution in [0.5, 0.6) is 0 Å². The normalized spacial score (nSPS) is 14.9. The van der Waals surface area contributed by atoms with Gasteiger partial charge in [0.1, 0.15) is 0 Å². The Morgan fingerprint density at radius 1 is 1.00 bits per heavy atom. The van der Waals surface area contributed by atoms with Crippen LogP contribution in [0, 0.1) is 0 Å². The van der Waals surface area contributed by atoms with Crippen molar-refractivity contribution in [3.05, 3.63) is 0 Å². The molecule has 0 unspecified atom stereocenters. The smallest absolute Gasteiger partial charge is 0.414 e. The maximum absolute atomic E-state index is 9.10.